The normalized spacial score (nSPS) is 10.7. The largest absolute Gasteiger partial charge is 0.438 e. The molecule has 2 aromatic carbocycles. The molecule has 0 spiro atoms. The molecule has 4 rings (SSSR count). The number of pyridine rings is 2. The van der Waals surface area contributed by atoms with Crippen LogP contribution >= 0.6 is 11.6 Å². The van der Waals surface area contributed by atoms with Crippen LogP contribution in [0.4, 0.5) is 11.5 Å². The molecule has 0 bridgehead atoms. The molecule has 4 aromatic rings. The van der Waals surface area contributed by atoms with E-state index in [1.54, 1.807) is 12.3 Å². The molecular formula is C24H22ClN5O2. The average Bonchev–Trinajstić information content (AvgIpc) is 2.79. The summed E-state index contributed by atoms with van der Waals surface area (Å²) < 4.78 is 5.75. The number of aromatic nitrogens is 2. The lowest BCUT2D eigenvalue weighted by molar-refractivity contribution is 0.0950. The zero-order chi connectivity index (χ0) is 22.7. The monoisotopic (exact) mass is 447 g/mol. The summed E-state index contributed by atoms with van der Waals surface area (Å²) in [7, 11) is 3.93. The van der Waals surface area contributed by atoms with Crippen LogP contribution in [0.3, 0.4) is 0 Å². The quantitative estimate of drug-likeness (QED) is 0.446. The lowest BCUT2D eigenvalue weighted by atomic mass is 10.1. The minimum Gasteiger partial charge on any atom is -0.438 e. The molecule has 0 saturated carbocycles. The number of nitrogens with one attached hydrogen (secondary N) is 1. The second kappa shape index (κ2) is 9.11. The number of carbonyl (C=O) groups excluding carboxylic acids is 1. The molecule has 0 atom stereocenters. The Labute approximate surface area is 190 Å². The van der Waals surface area contributed by atoms with Gasteiger partial charge in [0.15, 0.2) is 0 Å². The van der Waals surface area contributed by atoms with Gasteiger partial charge in [-0.2, -0.15) is 0 Å². The summed E-state index contributed by atoms with van der Waals surface area (Å²) in [6.07, 6.45) is 3.10. The topological polar surface area (TPSA) is 93.4 Å². The van der Waals surface area contributed by atoms with Gasteiger partial charge in [-0.05, 0) is 53.4 Å². The summed E-state index contributed by atoms with van der Waals surface area (Å²) in [6.45, 7) is 0.352. The van der Waals surface area contributed by atoms with Crippen LogP contribution in [0.15, 0.2) is 67.0 Å². The third-order valence-electron chi connectivity index (χ3n) is 4.95. The Morgan fingerprint density at radius 1 is 1.09 bits per heavy atom. The molecule has 3 N–H and O–H groups in total. The predicted octanol–water partition coefficient (Wildman–Crippen LogP) is 4.65. The maximum absolute atomic E-state index is 12.6. The highest BCUT2D eigenvalue weighted by Crippen LogP contribution is 2.29. The number of rotatable bonds is 6. The van der Waals surface area contributed by atoms with E-state index in [1.165, 1.54) is 6.20 Å². The first kappa shape index (κ1) is 21.4. The highest BCUT2D eigenvalue weighted by molar-refractivity contribution is 6.32. The van der Waals surface area contributed by atoms with Gasteiger partial charge in [-0.15, -0.1) is 0 Å². The predicted molar refractivity (Wildman–Crippen MR) is 127 cm³/mol. The number of carbonyl (C=O) groups is 1. The molecule has 0 unspecified atom stereocenters. The molecule has 2 heterocycles. The number of hydrogen-bond donors (Lipinski definition) is 2. The number of nitrogens with two attached hydrogens (primary N) is 1. The van der Waals surface area contributed by atoms with E-state index in [9.17, 15) is 4.79 Å². The molecule has 1 amide bonds. The van der Waals surface area contributed by atoms with Gasteiger partial charge < -0.3 is 20.7 Å². The lowest BCUT2D eigenvalue weighted by Gasteiger charge is -2.13. The van der Waals surface area contributed by atoms with Crippen molar-refractivity contribution in [3.05, 3.63) is 83.1 Å². The van der Waals surface area contributed by atoms with E-state index in [0.717, 1.165) is 22.0 Å². The van der Waals surface area contributed by atoms with Crippen molar-refractivity contribution < 1.29 is 9.53 Å². The van der Waals surface area contributed by atoms with E-state index >= 15 is 0 Å². The zero-order valence-corrected chi connectivity index (χ0v) is 18.4. The first-order chi connectivity index (χ1) is 15.4. The van der Waals surface area contributed by atoms with Crippen molar-refractivity contribution in [2.24, 2.45) is 0 Å². The highest BCUT2D eigenvalue weighted by atomic mass is 35.5. The van der Waals surface area contributed by atoms with Crippen LogP contribution in [0.5, 0.6) is 11.6 Å². The average molecular weight is 448 g/mol. The number of nitrogen functional groups attached to an aromatic ring is 1. The molecule has 162 valence electrons. The fraction of sp³-hybridized carbons (Fsp3) is 0.125. The first-order valence-corrected chi connectivity index (χ1v) is 10.3. The van der Waals surface area contributed by atoms with Crippen LogP contribution in [-0.4, -0.2) is 30.0 Å². The number of hydrogen-bond acceptors (Lipinski definition) is 6. The van der Waals surface area contributed by atoms with Crippen LogP contribution in [0.1, 0.15) is 15.9 Å². The minimum atomic E-state index is -0.282. The Kier molecular flexibility index (Phi) is 6.09. The van der Waals surface area contributed by atoms with Gasteiger partial charge in [0.25, 0.3) is 5.91 Å². The van der Waals surface area contributed by atoms with Crippen molar-refractivity contribution in [2.75, 3.05) is 24.7 Å². The number of halogens is 1. The molecule has 0 radical (unpaired) electrons. The second-order valence-electron chi connectivity index (χ2n) is 7.44. The first-order valence-electron chi connectivity index (χ1n) is 9.93. The Morgan fingerprint density at radius 2 is 1.88 bits per heavy atom. The lowest BCUT2D eigenvalue weighted by Crippen LogP contribution is -2.23. The number of fused-ring (bicyclic) bond motifs is 1. The molecule has 7 nitrogen and oxygen atoms in total. The summed E-state index contributed by atoms with van der Waals surface area (Å²) in [5.74, 6) is 1.04. The van der Waals surface area contributed by atoms with Crippen LogP contribution in [0.25, 0.3) is 10.8 Å². The van der Waals surface area contributed by atoms with E-state index in [0.29, 0.717) is 23.7 Å². The molecule has 8 heteroatoms. The van der Waals surface area contributed by atoms with Crippen LogP contribution in [0.2, 0.25) is 5.02 Å². The van der Waals surface area contributed by atoms with Gasteiger partial charge in [0.2, 0.25) is 5.88 Å². The summed E-state index contributed by atoms with van der Waals surface area (Å²) in [5.41, 5.74) is 8.22. The molecule has 0 aliphatic heterocycles. The molecule has 0 aliphatic rings. The third-order valence-corrected chi connectivity index (χ3v) is 5.22. The van der Waals surface area contributed by atoms with Gasteiger partial charge in [0.1, 0.15) is 16.6 Å². The number of ether oxygens (including phenoxy) is 1. The Morgan fingerprint density at radius 3 is 2.59 bits per heavy atom. The van der Waals surface area contributed by atoms with E-state index in [-0.39, 0.29) is 16.8 Å². The second-order valence-corrected chi connectivity index (χ2v) is 7.84. The highest BCUT2D eigenvalue weighted by Gasteiger charge is 2.12. The molecular weight excluding hydrogens is 426 g/mol. The van der Waals surface area contributed by atoms with Crippen molar-refractivity contribution in [1.82, 2.24) is 15.3 Å². The van der Waals surface area contributed by atoms with Crippen molar-refractivity contribution >= 4 is 39.8 Å². The van der Waals surface area contributed by atoms with Crippen LogP contribution < -0.4 is 20.7 Å². The smallest absolute Gasteiger partial charge is 0.253 e. The fourth-order valence-electron chi connectivity index (χ4n) is 3.19. The van der Waals surface area contributed by atoms with E-state index in [1.807, 2.05) is 67.5 Å². The molecule has 2 aromatic heterocycles. The van der Waals surface area contributed by atoms with Gasteiger partial charge in [0.05, 0.1) is 5.56 Å². The van der Waals surface area contributed by atoms with E-state index in [2.05, 4.69) is 15.3 Å². The fourth-order valence-corrected chi connectivity index (χ4v) is 3.40. The minimum absolute atomic E-state index is 0.238. The molecule has 0 aliphatic carbocycles. The van der Waals surface area contributed by atoms with Gasteiger partial charge >= 0.3 is 0 Å². The standard InChI is InChI=1S/C24H22ClN5O2/c1-30(2)18-4-6-19(7-5-18)32-24-21(25)12-17(14-29-24)23(31)28-13-15-3-8-20-16(11-15)9-10-27-22(20)26/h3-12,14H,13H2,1-2H3,(H2,26,27)(H,28,31). The van der Waals surface area contributed by atoms with Crippen LogP contribution in [0, 0.1) is 0 Å². The molecule has 0 fully saturated rings. The van der Waals surface area contributed by atoms with Crippen molar-refractivity contribution in [2.45, 2.75) is 6.54 Å². The van der Waals surface area contributed by atoms with Crippen molar-refractivity contribution in [1.29, 1.82) is 0 Å². The maximum atomic E-state index is 12.6. The Bertz CT molecular complexity index is 1280. The van der Waals surface area contributed by atoms with Gasteiger partial charge in [-0.3, -0.25) is 4.79 Å². The summed E-state index contributed by atoms with van der Waals surface area (Å²) in [6, 6.07) is 16.7. The number of amides is 1. The zero-order valence-electron chi connectivity index (χ0n) is 17.7. The number of nitrogens with zero attached hydrogens (tertiary/aromatic N) is 3. The number of benzene rings is 2. The summed E-state index contributed by atoms with van der Waals surface area (Å²) in [4.78, 5) is 22.9. The third kappa shape index (κ3) is 4.73. The number of anilines is 2. The van der Waals surface area contributed by atoms with Crippen molar-refractivity contribution in [3.8, 4) is 11.6 Å². The van der Waals surface area contributed by atoms with Gasteiger partial charge in [0, 0.05) is 44.1 Å². The maximum Gasteiger partial charge on any atom is 0.253 e. The van der Waals surface area contributed by atoms with Gasteiger partial charge in [-0.1, -0.05) is 23.7 Å². The Balaban J connectivity index is 1.41. The SMILES string of the molecule is CN(C)c1ccc(Oc2ncc(C(=O)NCc3ccc4c(N)nccc4c3)cc2Cl)cc1. The summed E-state index contributed by atoms with van der Waals surface area (Å²) in [5, 5.41) is 4.98. The Hall–Kier alpha value is -3.84. The van der Waals surface area contributed by atoms with E-state index < -0.39 is 0 Å². The molecule has 32 heavy (non-hydrogen) atoms. The van der Waals surface area contributed by atoms with E-state index in [4.69, 9.17) is 22.1 Å². The summed E-state index contributed by atoms with van der Waals surface area (Å²) >= 11 is 6.31. The van der Waals surface area contributed by atoms with Gasteiger partial charge in [-0.25, -0.2) is 9.97 Å². The van der Waals surface area contributed by atoms with Crippen molar-refractivity contribution in [3.63, 3.8) is 0 Å². The molecule has 0 saturated heterocycles. The van der Waals surface area contributed by atoms with Crippen LogP contribution in [-0.2, 0) is 6.54 Å².